The molecular formula is C4H7F3NO4P. The van der Waals surface area contributed by atoms with E-state index < -0.39 is 32.4 Å². The first-order chi connectivity index (χ1) is 5.63. The van der Waals surface area contributed by atoms with Gasteiger partial charge in [0.2, 0.25) is 0 Å². The molecule has 0 saturated carbocycles. The second kappa shape index (κ2) is 4.08. The molecular weight excluding hydrogens is 214 g/mol. The number of amides is 1. The quantitative estimate of drug-likeness (QED) is 0.578. The lowest BCUT2D eigenvalue weighted by Gasteiger charge is -2.07. The fraction of sp³-hybridized carbons (Fsp3) is 0.750. The smallest absolute Gasteiger partial charge is 0.348 e. The molecule has 0 saturated heterocycles. The number of hydrogen-bond acceptors (Lipinski definition) is 2. The van der Waals surface area contributed by atoms with E-state index in [1.165, 1.54) is 5.32 Å². The van der Waals surface area contributed by atoms with Crippen LogP contribution in [0.3, 0.4) is 0 Å². The second-order valence-corrected chi connectivity index (χ2v) is 3.92. The zero-order valence-electron chi connectivity index (χ0n) is 6.21. The van der Waals surface area contributed by atoms with Crippen LogP contribution in [0, 0.1) is 0 Å². The number of carbonyl (C=O) groups excluding carboxylic acids is 1. The Morgan fingerprint density at radius 3 is 2.15 bits per heavy atom. The van der Waals surface area contributed by atoms with Gasteiger partial charge in [-0.15, -0.1) is 0 Å². The topological polar surface area (TPSA) is 86.6 Å². The Kier molecular flexibility index (Phi) is 3.89. The van der Waals surface area contributed by atoms with Gasteiger partial charge in [0, 0.05) is 6.54 Å². The van der Waals surface area contributed by atoms with Crippen molar-refractivity contribution in [2.24, 2.45) is 0 Å². The Morgan fingerprint density at radius 1 is 1.38 bits per heavy atom. The fourth-order valence-corrected chi connectivity index (χ4v) is 0.818. The van der Waals surface area contributed by atoms with Gasteiger partial charge in [0.25, 0.3) is 0 Å². The Balaban J connectivity index is 3.80. The molecule has 78 valence electrons. The third kappa shape index (κ3) is 6.56. The van der Waals surface area contributed by atoms with Crippen LogP contribution in [0.4, 0.5) is 13.2 Å². The maximum Gasteiger partial charge on any atom is 0.471 e. The molecule has 1 amide bonds. The molecule has 0 spiro atoms. The summed E-state index contributed by atoms with van der Waals surface area (Å²) in [4.78, 5) is 26.5. The summed E-state index contributed by atoms with van der Waals surface area (Å²) in [5, 5.41) is 1.32. The fourth-order valence-electron chi connectivity index (χ4n) is 0.415. The Labute approximate surface area is 71.1 Å². The molecule has 0 aliphatic carbocycles. The molecule has 0 fully saturated rings. The Hall–Kier alpha value is -0.590. The summed E-state index contributed by atoms with van der Waals surface area (Å²) < 4.78 is 44.5. The van der Waals surface area contributed by atoms with Crippen molar-refractivity contribution in [3.05, 3.63) is 0 Å². The monoisotopic (exact) mass is 221 g/mol. The highest BCUT2D eigenvalue weighted by Gasteiger charge is 2.38. The van der Waals surface area contributed by atoms with Crippen LogP contribution in [0.2, 0.25) is 0 Å². The molecule has 0 heterocycles. The van der Waals surface area contributed by atoms with Crippen molar-refractivity contribution in [3.8, 4) is 0 Å². The molecule has 0 radical (unpaired) electrons. The molecule has 0 bridgehead atoms. The van der Waals surface area contributed by atoms with E-state index in [4.69, 9.17) is 9.79 Å². The van der Waals surface area contributed by atoms with Crippen LogP contribution in [0.1, 0.15) is 0 Å². The van der Waals surface area contributed by atoms with Crippen molar-refractivity contribution in [2.45, 2.75) is 6.18 Å². The average Bonchev–Trinajstić information content (AvgIpc) is 1.82. The standard InChI is InChI=1S/C4H7F3NO4P/c5-4(6,7)3(9)8-1-2-13(10,11)12/h1-2H2,(H,8,9)(H2,10,11,12). The molecule has 0 aromatic heterocycles. The van der Waals surface area contributed by atoms with E-state index in [2.05, 4.69) is 0 Å². The maximum atomic E-state index is 11.5. The van der Waals surface area contributed by atoms with Gasteiger partial charge in [0.05, 0.1) is 6.16 Å². The SMILES string of the molecule is O=C(NCCP(=O)(O)O)C(F)(F)F. The first kappa shape index (κ1) is 12.4. The number of carbonyl (C=O) groups is 1. The van der Waals surface area contributed by atoms with E-state index in [1.54, 1.807) is 0 Å². The largest absolute Gasteiger partial charge is 0.471 e. The molecule has 0 atom stereocenters. The van der Waals surface area contributed by atoms with Crippen molar-refractivity contribution < 1.29 is 32.3 Å². The van der Waals surface area contributed by atoms with Gasteiger partial charge in [-0.1, -0.05) is 0 Å². The van der Waals surface area contributed by atoms with Crippen LogP contribution >= 0.6 is 7.60 Å². The summed E-state index contributed by atoms with van der Waals surface area (Å²) in [7, 11) is -4.36. The molecule has 13 heavy (non-hydrogen) atoms. The highest BCUT2D eigenvalue weighted by molar-refractivity contribution is 7.51. The van der Waals surface area contributed by atoms with E-state index in [1.807, 2.05) is 0 Å². The van der Waals surface area contributed by atoms with Crippen LogP contribution in [0.25, 0.3) is 0 Å². The molecule has 0 aromatic carbocycles. The van der Waals surface area contributed by atoms with Crippen LogP contribution in [-0.4, -0.2) is 34.6 Å². The predicted octanol–water partition coefficient (Wildman–Crippen LogP) is -0.157. The lowest BCUT2D eigenvalue weighted by atomic mass is 10.5. The zero-order valence-corrected chi connectivity index (χ0v) is 7.10. The van der Waals surface area contributed by atoms with Gasteiger partial charge in [0.15, 0.2) is 0 Å². The third-order valence-corrected chi connectivity index (χ3v) is 1.75. The minimum Gasteiger partial charge on any atom is -0.348 e. The molecule has 3 N–H and O–H groups in total. The van der Waals surface area contributed by atoms with Crippen LogP contribution in [0.5, 0.6) is 0 Å². The van der Waals surface area contributed by atoms with Crippen LogP contribution in [0.15, 0.2) is 0 Å². The first-order valence-electron chi connectivity index (χ1n) is 3.02. The van der Waals surface area contributed by atoms with Crippen molar-refractivity contribution in [1.29, 1.82) is 0 Å². The molecule has 0 aliphatic rings. The van der Waals surface area contributed by atoms with Gasteiger partial charge in [-0.2, -0.15) is 13.2 Å². The maximum absolute atomic E-state index is 11.5. The zero-order chi connectivity index (χ0) is 10.7. The number of rotatable bonds is 3. The number of halogens is 3. The number of nitrogens with one attached hydrogen (secondary N) is 1. The van der Waals surface area contributed by atoms with Crippen LogP contribution in [-0.2, 0) is 9.36 Å². The van der Waals surface area contributed by atoms with E-state index in [0.717, 1.165) is 0 Å². The lowest BCUT2D eigenvalue weighted by molar-refractivity contribution is -0.173. The van der Waals surface area contributed by atoms with Crippen LogP contribution < -0.4 is 5.32 Å². The highest BCUT2D eigenvalue weighted by Crippen LogP contribution is 2.32. The number of hydrogen-bond donors (Lipinski definition) is 3. The van der Waals surface area contributed by atoms with Gasteiger partial charge < -0.3 is 15.1 Å². The summed E-state index contributed by atoms with van der Waals surface area (Å²) in [5.41, 5.74) is 0. The van der Waals surface area contributed by atoms with Crippen molar-refractivity contribution in [1.82, 2.24) is 5.32 Å². The van der Waals surface area contributed by atoms with Gasteiger partial charge in [-0.3, -0.25) is 9.36 Å². The van der Waals surface area contributed by atoms with Crippen molar-refractivity contribution in [2.75, 3.05) is 12.7 Å². The summed E-state index contributed by atoms with van der Waals surface area (Å²) in [6.45, 7) is -0.706. The van der Waals surface area contributed by atoms with E-state index in [9.17, 15) is 22.5 Å². The first-order valence-corrected chi connectivity index (χ1v) is 4.82. The van der Waals surface area contributed by atoms with E-state index in [-0.39, 0.29) is 0 Å². The van der Waals surface area contributed by atoms with E-state index >= 15 is 0 Å². The predicted molar refractivity (Wildman–Crippen MR) is 36.0 cm³/mol. The Morgan fingerprint density at radius 2 is 1.85 bits per heavy atom. The van der Waals surface area contributed by atoms with Crippen molar-refractivity contribution >= 4 is 13.5 Å². The van der Waals surface area contributed by atoms with Gasteiger partial charge in [0.1, 0.15) is 0 Å². The molecule has 0 rings (SSSR count). The van der Waals surface area contributed by atoms with Gasteiger partial charge >= 0.3 is 19.7 Å². The summed E-state index contributed by atoms with van der Waals surface area (Å²) >= 11 is 0. The molecule has 0 aliphatic heterocycles. The van der Waals surface area contributed by atoms with E-state index in [0.29, 0.717) is 0 Å². The van der Waals surface area contributed by atoms with Gasteiger partial charge in [-0.05, 0) is 0 Å². The number of alkyl halides is 3. The highest BCUT2D eigenvalue weighted by atomic mass is 31.2. The minimum absolute atomic E-state index is 0.706. The van der Waals surface area contributed by atoms with Crippen molar-refractivity contribution in [3.63, 3.8) is 0 Å². The Bertz CT molecular complexity index is 234. The lowest BCUT2D eigenvalue weighted by Crippen LogP contribution is -2.38. The normalized spacial score (nSPS) is 12.7. The van der Waals surface area contributed by atoms with Gasteiger partial charge in [-0.25, -0.2) is 0 Å². The second-order valence-electron chi connectivity index (χ2n) is 2.14. The molecule has 0 unspecified atom stereocenters. The summed E-state index contributed by atoms with van der Waals surface area (Å²) in [6, 6.07) is 0. The average molecular weight is 221 g/mol. The summed E-state index contributed by atoms with van der Waals surface area (Å²) in [5.74, 6) is -2.21. The molecule has 9 heteroatoms. The minimum atomic E-state index is -5.02. The summed E-state index contributed by atoms with van der Waals surface area (Å²) in [6.07, 6.45) is -5.83. The molecule has 5 nitrogen and oxygen atoms in total. The third-order valence-electron chi connectivity index (χ3n) is 0.946. The molecule has 0 aromatic rings.